The third-order valence-corrected chi connectivity index (χ3v) is 4.70. The Bertz CT molecular complexity index is 464. The molecule has 2 aliphatic rings. The highest BCUT2D eigenvalue weighted by Crippen LogP contribution is 2.43. The van der Waals surface area contributed by atoms with Crippen LogP contribution in [-0.2, 0) is 0 Å². The van der Waals surface area contributed by atoms with Gasteiger partial charge in [0, 0.05) is 31.1 Å². The van der Waals surface area contributed by atoms with Gasteiger partial charge in [-0.05, 0) is 32.4 Å². The molecule has 19 heavy (non-hydrogen) atoms. The van der Waals surface area contributed by atoms with Crippen molar-refractivity contribution in [2.75, 3.05) is 19.6 Å². The maximum absolute atomic E-state index is 6.39. The number of fused-ring (bicyclic) bond motifs is 1. The fourth-order valence-corrected chi connectivity index (χ4v) is 3.42. The predicted molar refractivity (Wildman–Crippen MR) is 77.4 cm³/mol. The van der Waals surface area contributed by atoms with Crippen molar-refractivity contribution in [3.63, 3.8) is 0 Å². The number of rotatable bonds is 1. The SMILES string of the molecule is CCN1CCC2(CC1)C[C@@H](N)c1cc(C)ccc1O2. The average Bonchev–Trinajstić information content (AvgIpc) is 2.41. The number of likely N-dealkylation sites (tertiary alicyclic amines) is 1. The zero-order chi connectivity index (χ0) is 13.5. The number of piperidine rings is 1. The molecule has 3 nitrogen and oxygen atoms in total. The smallest absolute Gasteiger partial charge is 0.124 e. The molecule has 2 heterocycles. The Balaban J connectivity index is 1.83. The number of aryl methyl sites for hydroxylation is 1. The highest BCUT2D eigenvalue weighted by atomic mass is 16.5. The lowest BCUT2D eigenvalue weighted by atomic mass is 9.80. The first-order chi connectivity index (χ1) is 9.12. The summed E-state index contributed by atoms with van der Waals surface area (Å²) in [5.41, 5.74) is 8.82. The molecule has 2 N–H and O–H groups in total. The average molecular weight is 260 g/mol. The Hall–Kier alpha value is -1.06. The van der Waals surface area contributed by atoms with Gasteiger partial charge in [-0.25, -0.2) is 0 Å². The second kappa shape index (κ2) is 4.80. The van der Waals surface area contributed by atoms with Gasteiger partial charge in [0.25, 0.3) is 0 Å². The minimum Gasteiger partial charge on any atom is -0.487 e. The minimum atomic E-state index is -0.0205. The Morgan fingerprint density at radius 2 is 2.11 bits per heavy atom. The first-order valence-electron chi connectivity index (χ1n) is 7.39. The molecule has 0 unspecified atom stereocenters. The molecule has 1 fully saturated rings. The summed E-state index contributed by atoms with van der Waals surface area (Å²) in [6, 6.07) is 6.51. The van der Waals surface area contributed by atoms with E-state index >= 15 is 0 Å². The molecule has 0 saturated carbocycles. The standard InChI is InChI=1S/C16H24N2O/c1-3-18-8-6-16(7-9-18)11-14(17)13-10-12(2)4-5-15(13)19-16/h4-5,10,14H,3,6-9,11,17H2,1-2H3/t14-/m1/s1. The van der Waals surface area contributed by atoms with Gasteiger partial charge in [-0.3, -0.25) is 0 Å². The van der Waals surface area contributed by atoms with Crippen molar-refractivity contribution < 1.29 is 4.74 Å². The molecule has 1 aromatic carbocycles. The van der Waals surface area contributed by atoms with E-state index in [9.17, 15) is 0 Å². The fourth-order valence-electron chi connectivity index (χ4n) is 3.42. The van der Waals surface area contributed by atoms with Crippen molar-refractivity contribution in [2.24, 2.45) is 5.73 Å². The number of benzene rings is 1. The summed E-state index contributed by atoms with van der Waals surface area (Å²) >= 11 is 0. The van der Waals surface area contributed by atoms with Crippen LogP contribution in [0.25, 0.3) is 0 Å². The molecular formula is C16H24N2O. The van der Waals surface area contributed by atoms with Crippen LogP contribution in [0.2, 0.25) is 0 Å². The van der Waals surface area contributed by atoms with Crippen LogP contribution in [0.1, 0.15) is 43.4 Å². The second-order valence-corrected chi connectivity index (χ2v) is 6.07. The van der Waals surface area contributed by atoms with E-state index in [0.29, 0.717) is 0 Å². The topological polar surface area (TPSA) is 38.5 Å². The third-order valence-electron chi connectivity index (χ3n) is 4.70. The van der Waals surface area contributed by atoms with Crippen LogP contribution in [0.3, 0.4) is 0 Å². The van der Waals surface area contributed by atoms with E-state index in [2.05, 4.69) is 36.9 Å². The molecule has 1 atom stereocenters. The molecule has 1 saturated heterocycles. The Morgan fingerprint density at radius 1 is 1.37 bits per heavy atom. The van der Waals surface area contributed by atoms with E-state index in [-0.39, 0.29) is 11.6 Å². The molecule has 104 valence electrons. The maximum Gasteiger partial charge on any atom is 0.124 e. The van der Waals surface area contributed by atoms with E-state index in [1.165, 1.54) is 11.1 Å². The first-order valence-corrected chi connectivity index (χ1v) is 7.39. The molecule has 2 aliphatic heterocycles. The number of nitrogens with zero attached hydrogens (tertiary/aromatic N) is 1. The molecule has 1 spiro atoms. The summed E-state index contributed by atoms with van der Waals surface area (Å²) in [5, 5.41) is 0. The van der Waals surface area contributed by atoms with Crippen molar-refractivity contribution in [3.05, 3.63) is 29.3 Å². The predicted octanol–water partition coefficient (Wildman–Crippen LogP) is 2.63. The van der Waals surface area contributed by atoms with Gasteiger partial charge < -0.3 is 15.4 Å². The highest BCUT2D eigenvalue weighted by Gasteiger charge is 2.41. The number of hydrogen-bond acceptors (Lipinski definition) is 3. The van der Waals surface area contributed by atoms with Crippen LogP contribution in [0.5, 0.6) is 5.75 Å². The summed E-state index contributed by atoms with van der Waals surface area (Å²) in [7, 11) is 0. The third kappa shape index (κ3) is 2.37. The summed E-state index contributed by atoms with van der Waals surface area (Å²) in [6.45, 7) is 7.73. The van der Waals surface area contributed by atoms with Crippen molar-refractivity contribution in [3.8, 4) is 5.75 Å². The second-order valence-electron chi connectivity index (χ2n) is 6.07. The lowest BCUT2D eigenvalue weighted by molar-refractivity contribution is -0.0205. The molecule has 3 heteroatoms. The van der Waals surface area contributed by atoms with Crippen molar-refractivity contribution in [2.45, 2.75) is 44.8 Å². The molecule has 0 amide bonds. The normalized spacial score (nSPS) is 25.9. The minimum absolute atomic E-state index is 0.0205. The molecular weight excluding hydrogens is 236 g/mol. The van der Waals surface area contributed by atoms with Gasteiger partial charge in [0.15, 0.2) is 0 Å². The van der Waals surface area contributed by atoms with Gasteiger partial charge >= 0.3 is 0 Å². The van der Waals surface area contributed by atoms with Crippen LogP contribution in [0.15, 0.2) is 18.2 Å². The van der Waals surface area contributed by atoms with Gasteiger partial charge in [0.05, 0.1) is 0 Å². The quantitative estimate of drug-likeness (QED) is 0.843. The van der Waals surface area contributed by atoms with E-state index in [4.69, 9.17) is 10.5 Å². The molecule has 0 bridgehead atoms. The van der Waals surface area contributed by atoms with Gasteiger partial charge in [0.1, 0.15) is 11.4 Å². The molecule has 0 aliphatic carbocycles. The van der Waals surface area contributed by atoms with Crippen LogP contribution in [-0.4, -0.2) is 30.1 Å². The lowest BCUT2D eigenvalue weighted by Crippen LogP contribution is -2.51. The number of hydrogen-bond donors (Lipinski definition) is 1. The van der Waals surface area contributed by atoms with E-state index in [0.717, 1.165) is 44.6 Å². The largest absolute Gasteiger partial charge is 0.487 e. The van der Waals surface area contributed by atoms with Crippen LogP contribution in [0, 0.1) is 6.92 Å². The number of nitrogens with two attached hydrogens (primary N) is 1. The van der Waals surface area contributed by atoms with Gasteiger partial charge in [-0.2, -0.15) is 0 Å². The Kier molecular flexibility index (Phi) is 3.27. The van der Waals surface area contributed by atoms with E-state index in [1.54, 1.807) is 0 Å². The van der Waals surface area contributed by atoms with Crippen molar-refractivity contribution in [1.82, 2.24) is 4.90 Å². The van der Waals surface area contributed by atoms with Gasteiger partial charge in [0.2, 0.25) is 0 Å². The number of ether oxygens (including phenoxy) is 1. The maximum atomic E-state index is 6.39. The molecule has 1 aromatic rings. The fraction of sp³-hybridized carbons (Fsp3) is 0.625. The van der Waals surface area contributed by atoms with Crippen LogP contribution >= 0.6 is 0 Å². The molecule has 3 rings (SSSR count). The Morgan fingerprint density at radius 3 is 2.79 bits per heavy atom. The van der Waals surface area contributed by atoms with Crippen LogP contribution in [0.4, 0.5) is 0 Å². The summed E-state index contributed by atoms with van der Waals surface area (Å²) in [5.74, 6) is 1.01. The highest BCUT2D eigenvalue weighted by molar-refractivity contribution is 5.41. The monoisotopic (exact) mass is 260 g/mol. The van der Waals surface area contributed by atoms with E-state index in [1.807, 2.05) is 0 Å². The van der Waals surface area contributed by atoms with Gasteiger partial charge in [-0.1, -0.05) is 24.6 Å². The Labute approximate surface area is 115 Å². The zero-order valence-corrected chi connectivity index (χ0v) is 12.0. The van der Waals surface area contributed by atoms with E-state index < -0.39 is 0 Å². The van der Waals surface area contributed by atoms with Crippen LogP contribution < -0.4 is 10.5 Å². The lowest BCUT2D eigenvalue weighted by Gasteiger charge is -2.46. The first kappa shape index (κ1) is 12.9. The summed E-state index contributed by atoms with van der Waals surface area (Å²) in [4.78, 5) is 2.49. The molecule has 0 aromatic heterocycles. The molecule has 0 radical (unpaired) electrons. The zero-order valence-electron chi connectivity index (χ0n) is 12.0. The van der Waals surface area contributed by atoms with Crippen molar-refractivity contribution in [1.29, 1.82) is 0 Å². The van der Waals surface area contributed by atoms with Gasteiger partial charge in [-0.15, -0.1) is 0 Å². The van der Waals surface area contributed by atoms with Crippen molar-refractivity contribution >= 4 is 0 Å². The summed E-state index contributed by atoms with van der Waals surface area (Å²) in [6.07, 6.45) is 3.16. The summed E-state index contributed by atoms with van der Waals surface area (Å²) < 4.78 is 6.37.